The first kappa shape index (κ1) is 15.6. The third-order valence-corrected chi connectivity index (χ3v) is 2.72. The van der Waals surface area contributed by atoms with Gasteiger partial charge in [0.25, 0.3) is 5.91 Å². The number of aromatic hydroxyl groups is 1. The second kappa shape index (κ2) is 6.30. The Hall–Kier alpha value is -2.83. The third kappa shape index (κ3) is 3.85. The van der Waals surface area contributed by atoms with Crippen molar-refractivity contribution in [2.24, 2.45) is 0 Å². The number of carbonyl (C=O) groups is 1. The van der Waals surface area contributed by atoms with Gasteiger partial charge in [-0.25, -0.2) is 4.98 Å². The van der Waals surface area contributed by atoms with Gasteiger partial charge < -0.3 is 5.11 Å². The van der Waals surface area contributed by atoms with Gasteiger partial charge in [-0.05, 0) is 17.7 Å². The van der Waals surface area contributed by atoms with Crippen molar-refractivity contribution in [3.05, 3.63) is 66.3 Å². The number of phenols is 1. The molecule has 0 bridgehead atoms. The minimum absolute atomic E-state index is 0.254. The van der Waals surface area contributed by atoms with E-state index in [1.54, 1.807) is 0 Å². The minimum atomic E-state index is -4.62. The summed E-state index contributed by atoms with van der Waals surface area (Å²) in [7, 11) is 0. The topological polar surface area (TPSA) is 55.1 Å². The van der Waals surface area contributed by atoms with Gasteiger partial charge in [-0.15, -0.1) is 0 Å². The molecule has 1 heterocycles. The van der Waals surface area contributed by atoms with Gasteiger partial charge >= 0.3 is 6.18 Å². The quantitative estimate of drug-likeness (QED) is 0.697. The first-order valence-corrected chi connectivity index (χ1v) is 6.15. The molecule has 2 rings (SSSR count). The molecule has 1 aromatic carbocycles. The van der Waals surface area contributed by atoms with Gasteiger partial charge in [-0.3, -0.25) is 9.36 Å². The third-order valence-electron chi connectivity index (χ3n) is 2.72. The highest BCUT2D eigenvalue weighted by Gasteiger charge is 2.33. The van der Waals surface area contributed by atoms with E-state index in [-0.39, 0.29) is 11.5 Å². The molecule has 0 unspecified atom stereocenters. The van der Waals surface area contributed by atoms with Gasteiger partial charge in [0.1, 0.15) is 12.1 Å². The van der Waals surface area contributed by atoms with E-state index >= 15 is 0 Å². The number of hydrogen-bond donors (Lipinski definition) is 1. The van der Waals surface area contributed by atoms with Crippen molar-refractivity contribution in [1.82, 2.24) is 9.55 Å². The number of rotatable bonds is 3. The molecule has 22 heavy (non-hydrogen) atoms. The monoisotopic (exact) mass is 308 g/mol. The van der Waals surface area contributed by atoms with Crippen LogP contribution >= 0.6 is 0 Å². The van der Waals surface area contributed by atoms with E-state index in [0.29, 0.717) is 0 Å². The van der Waals surface area contributed by atoms with Gasteiger partial charge in [0.15, 0.2) is 0 Å². The van der Waals surface area contributed by atoms with Crippen molar-refractivity contribution in [2.45, 2.75) is 6.18 Å². The number of phenolic OH excluding ortho intramolecular Hbond substituents is 1. The zero-order valence-corrected chi connectivity index (χ0v) is 11.2. The highest BCUT2D eigenvalue weighted by Crippen LogP contribution is 2.36. The summed E-state index contributed by atoms with van der Waals surface area (Å²) in [6, 6.07) is 3.15. The Balaban J connectivity index is 2.09. The Bertz CT molecular complexity index is 717. The van der Waals surface area contributed by atoms with Crippen LogP contribution in [0.5, 0.6) is 5.75 Å². The molecule has 0 spiro atoms. The fraction of sp³-hybridized carbons (Fsp3) is 0.0667. The zero-order chi connectivity index (χ0) is 16.2. The zero-order valence-electron chi connectivity index (χ0n) is 11.2. The number of alkyl halides is 3. The summed E-state index contributed by atoms with van der Waals surface area (Å²) < 4.78 is 39.1. The SMILES string of the molecule is O=C(/C=C/C=C/c1ccc(O)c(C(F)(F)F)c1)n1ccnc1. The Morgan fingerprint density at radius 2 is 2.05 bits per heavy atom. The van der Waals surface area contributed by atoms with E-state index in [9.17, 15) is 23.1 Å². The summed E-state index contributed by atoms with van der Waals surface area (Å²) in [4.78, 5) is 15.3. The van der Waals surface area contributed by atoms with E-state index in [2.05, 4.69) is 4.98 Å². The summed E-state index contributed by atoms with van der Waals surface area (Å²) in [5.41, 5.74) is -0.849. The minimum Gasteiger partial charge on any atom is -0.507 e. The Morgan fingerprint density at radius 3 is 2.68 bits per heavy atom. The van der Waals surface area contributed by atoms with Crippen LogP contribution in [0.4, 0.5) is 13.2 Å². The second-order valence-corrected chi connectivity index (χ2v) is 4.30. The molecule has 0 aliphatic heterocycles. The summed E-state index contributed by atoms with van der Waals surface area (Å²) in [5.74, 6) is -1.15. The molecule has 1 N–H and O–H groups in total. The van der Waals surface area contributed by atoms with Crippen molar-refractivity contribution in [2.75, 3.05) is 0 Å². The molecule has 0 saturated heterocycles. The largest absolute Gasteiger partial charge is 0.507 e. The van der Waals surface area contributed by atoms with Crippen LogP contribution in [0.3, 0.4) is 0 Å². The molecule has 0 radical (unpaired) electrons. The van der Waals surface area contributed by atoms with Crippen molar-refractivity contribution in [1.29, 1.82) is 0 Å². The van der Waals surface area contributed by atoms with Crippen molar-refractivity contribution >= 4 is 12.0 Å². The van der Waals surface area contributed by atoms with E-state index in [1.165, 1.54) is 53.7 Å². The van der Waals surface area contributed by atoms with Crippen LogP contribution < -0.4 is 0 Å². The first-order valence-electron chi connectivity index (χ1n) is 6.15. The Kier molecular flexibility index (Phi) is 4.45. The van der Waals surface area contributed by atoms with Gasteiger partial charge in [-0.2, -0.15) is 13.2 Å². The van der Waals surface area contributed by atoms with Gasteiger partial charge in [0, 0.05) is 18.5 Å². The van der Waals surface area contributed by atoms with E-state index in [1.807, 2.05) is 0 Å². The molecule has 114 valence electrons. The molecule has 0 amide bonds. The number of halogens is 3. The lowest BCUT2D eigenvalue weighted by Gasteiger charge is -2.09. The van der Waals surface area contributed by atoms with Crippen LogP contribution in [0, 0.1) is 0 Å². The second-order valence-electron chi connectivity index (χ2n) is 4.30. The predicted octanol–water partition coefficient (Wildman–Crippen LogP) is 3.52. The summed E-state index contributed by atoms with van der Waals surface area (Å²) >= 11 is 0. The Morgan fingerprint density at radius 1 is 1.27 bits per heavy atom. The Labute approximate surface area is 123 Å². The van der Waals surface area contributed by atoms with Crippen molar-refractivity contribution in [3.8, 4) is 5.75 Å². The number of hydrogen-bond acceptors (Lipinski definition) is 3. The molecule has 0 aliphatic rings. The fourth-order valence-electron chi connectivity index (χ4n) is 1.66. The molecule has 4 nitrogen and oxygen atoms in total. The molecule has 7 heteroatoms. The van der Waals surface area contributed by atoms with E-state index in [4.69, 9.17) is 0 Å². The summed E-state index contributed by atoms with van der Waals surface area (Å²) in [6.07, 6.45) is 5.13. The molecule has 0 aliphatic carbocycles. The van der Waals surface area contributed by atoms with Crippen molar-refractivity contribution in [3.63, 3.8) is 0 Å². The van der Waals surface area contributed by atoms with Gasteiger partial charge in [-0.1, -0.05) is 24.3 Å². The molecule has 1 aromatic heterocycles. The van der Waals surface area contributed by atoms with Gasteiger partial charge in [0.05, 0.1) is 5.56 Å². The lowest BCUT2D eigenvalue weighted by molar-refractivity contribution is -0.138. The van der Waals surface area contributed by atoms with Crippen LogP contribution in [0.2, 0.25) is 0 Å². The predicted molar refractivity (Wildman–Crippen MR) is 74.1 cm³/mol. The smallest absolute Gasteiger partial charge is 0.419 e. The molecular weight excluding hydrogens is 297 g/mol. The fourth-order valence-corrected chi connectivity index (χ4v) is 1.66. The number of benzene rings is 1. The molecule has 0 saturated carbocycles. The standard InChI is InChI=1S/C15H11F3N2O2/c16-15(17,18)12-9-11(5-6-13(12)21)3-1-2-4-14(22)20-8-7-19-10-20/h1-10,21H/b3-1+,4-2+. The molecule has 2 aromatic rings. The van der Waals surface area contributed by atoms with Crippen LogP contribution in [-0.4, -0.2) is 20.6 Å². The molecular formula is C15H11F3N2O2. The maximum absolute atomic E-state index is 12.6. The highest BCUT2D eigenvalue weighted by atomic mass is 19.4. The number of carbonyl (C=O) groups excluding carboxylic acids is 1. The number of aromatic nitrogens is 2. The number of allylic oxidation sites excluding steroid dienone is 3. The number of nitrogens with zero attached hydrogens (tertiary/aromatic N) is 2. The van der Waals surface area contributed by atoms with Crippen LogP contribution in [-0.2, 0) is 6.18 Å². The lowest BCUT2D eigenvalue weighted by Crippen LogP contribution is -2.05. The summed E-state index contributed by atoms with van der Waals surface area (Å²) in [5, 5.41) is 9.21. The maximum atomic E-state index is 12.6. The van der Waals surface area contributed by atoms with E-state index < -0.39 is 17.5 Å². The summed E-state index contributed by atoms with van der Waals surface area (Å²) in [6.45, 7) is 0. The van der Waals surface area contributed by atoms with E-state index in [0.717, 1.165) is 12.1 Å². The first-order chi connectivity index (χ1) is 10.4. The number of imidazole rings is 1. The van der Waals surface area contributed by atoms with Crippen LogP contribution in [0.1, 0.15) is 15.9 Å². The molecule has 0 fully saturated rings. The average Bonchev–Trinajstić information content (AvgIpc) is 2.98. The van der Waals surface area contributed by atoms with Crippen molar-refractivity contribution < 1.29 is 23.1 Å². The normalized spacial score (nSPS) is 12.3. The molecule has 0 atom stereocenters. The maximum Gasteiger partial charge on any atom is 0.419 e. The van der Waals surface area contributed by atoms with Crippen LogP contribution in [0.15, 0.2) is 55.1 Å². The highest BCUT2D eigenvalue weighted by molar-refractivity contribution is 5.90. The average molecular weight is 308 g/mol. The lowest BCUT2D eigenvalue weighted by atomic mass is 10.1. The van der Waals surface area contributed by atoms with Crippen LogP contribution in [0.25, 0.3) is 6.08 Å². The van der Waals surface area contributed by atoms with Gasteiger partial charge in [0.2, 0.25) is 0 Å².